The fraction of sp³-hybridized carbons (Fsp3) is 0.875. The van der Waals surface area contributed by atoms with Gasteiger partial charge in [-0.2, -0.15) is 0 Å². The average molecular weight is 144 g/mol. The Morgan fingerprint density at radius 2 is 2.20 bits per heavy atom. The molecule has 0 aromatic heterocycles. The van der Waals surface area contributed by atoms with Crippen LogP contribution in [-0.4, -0.2) is 19.0 Å². The van der Waals surface area contributed by atoms with Gasteiger partial charge in [0.15, 0.2) is 0 Å². The van der Waals surface area contributed by atoms with Crippen molar-refractivity contribution in [3.8, 4) is 0 Å². The summed E-state index contributed by atoms with van der Waals surface area (Å²) in [5.41, 5.74) is 0. The minimum absolute atomic E-state index is 0.225. The molecular formula is C8H16O2. The fourth-order valence-electron chi connectivity index (χ4n) is 0.661. The number of hydrogen-bond donors (Lipinski definition) is 0. The van der Waals surface area contributed by atoms with Crippen LogP contribution < -0.4 is 0 Å². The second-order valence-corrected chi connectivity index (χ2v) is 2.42. The normalized spacial score (nSPS) is 13.0. The van der Waals surface area contributed by atoms with Gasteiger partial charge >= 0.3 is 0 Å². The maximum Gasteiger partial charge on any atom is 0.148 e. The molecule has 0 N–H and O–H groups in total. The maximum atomic E-state index is 10.0. The molecule has 0 saturated heterocycles. The molecule has 2 heteroatoms. The zero-order chi connectivity index (χ0) is 7.82. The first-order valence-corrected chi connectivity index (χ1v) is 3.88. The molecule has 1 unspecified atom stereocenters. The van der Waals surface area contributed by atoms with Crippen LogP contribution in [0.25, 0.3) is 0 Å². The van der Waals surface area contributed by atoms with Gasteiger partial charge in [-0.25, -0.2) is 0 Å². The largest absolute Gasteiger partial charge is 0.371 e. The summed E-state index contributed by atoms with van der Waals surface area (Å²) in [5.74, 6) is 0. The van der Waals surface area contributed by atoms with Crippen molar-refractivity contribution in [2.75, 3.05) is 6.61 Å². The van der Waals surface area contributed by atoms with Crippen LogP contribution in [0.4, 0.5) is 0 Å². The highest BCUT2D eigenvalue weighted by atomic mass is 16.5. The standard InChI is InChI=1S/C8H16O2/c1-3-4-5-6-10-8(2)7-9/h7-8H,3-6H2,1-2H3. The van der Waals surface area contributed by atoms with E-state index in [0.29, 0.717) is 6.61 Å². The van der Waals surface area contributed by atoms with Crippen LogP contribution in [0.1, 0.15) is 33.1 Å². The summed E-state index contributed by atoms with van der Waals surface area (Å²) in [4.78, 5) is 10.0. The second kappa shape index (κ2) is 6.75. The van der Waals surface area contributed by atoms with E-state index in [0.717, 1.165) is 12.7 Å². The Bertz CT molecular complexity index is 81.3. The molecular weight excluding hydrogens is 128 g/mol. The van der Waals surface area contributed by atoms with E-state index in [1.165, 1.54) is 12.8 Å². The van der Waals surface area contributed by atoms with E-state index in [-0.39, 0.29) is 6.10 Å². The first-order valence-electron chi connectivity index (χ1n) is 3.88. The number of rotatable bonds is 6. The molecule has 0 amide bonds. The highest BCUT2D eigenvalue weighted by Gasteiger charge is 1.96. The van der Waals surface area contributed by atoms with Crippen molar-refractivity contribution in [2.24, 2.45) is 0 Å². The van der Waals surface area contributed by atoms with Gasteiger partial charge in [-0.05, 0) is 13.3 Å². The zero-order valence-electron chi connectivity index (χ0n) is 6.80. The predicted octanol–water partition coefficient (Wildman–Crippen LogP) is 1.78. The Morgan fingerprint density at radius 1 is 1.50 bits per heavy atom. The molecule has 0 aromatic carbocycles. The topological polar surface area (TPSA) is 26.3 Å². The third-order valence-corrected chi connectivity index (χ3v) is 1.32. The van der Waals surface area contributed by atoms with Crippen molar-refractivity contribution < 1.29 is 9.53 Å². The molecule has 60 valence electrons. The van der Waals surface area contributed by atoms with E-state index in [1.807, 2.05) is 0 Å². The van der Waals surface area contributed by atoms with Crippen molar-refractivity contribution in [1.82, 2.24) is 0 Å². The van der Waals surface area contributed by atoms with Crippen molar-refractivity contribution >= 4 is 6.29 Å². The Morgan fingerprint density at radius 3 is 2.70 bits per heavy atom. The van der Waals surface area contributed by atoms with E-state index in [4.69, 9.17) is 4.74 Å². The molecule has 1 atom stereocenters. The van der Waals surface area contributed by atoms with Crippen LogP contribution in [-0.2, 0) is 9.53 Å². The highest BCUT2D eigenvalue weighted by Crippen LogP contribution is 1.95. The number of carbonyl (C=O) groups excluding carboxylic acids is 1. The van der Waals surface area contributed by atoms with Crippen molar-refractivity contribution in [3.05, 3.63) is 0 Å². The summed E-state index contributed by atoms with van der Waals surface area (Å²) < 4.78 is 5.13. The van der Waals surface area contributed by atoms with Crippen LogP contribution in [0, 0.1) is 0 Å². The first kappa shape index (κ1) is 9.63. The van der Waals surface area contributed by atoms with Gasteiger partial charge < -0.3 is 9.53 Å². The SMILES string of the molecule is CCCCCOC(C)C=O. The van der Waals surface area contributed by atoms with Crippen molar-refractivity contribution in [3.63, 3.8) is 0 Å². The van der Waals surface area contributed by atoms with Crippen LogP contribution in [0.3, 0.4) is 0 Å². The number of unbranched alkanes of at least 4 members (excludes halogenated alkanes) is 2. The number of ether oxygens (including phenoxy) is 1. The second-order valence-electron chi connectivity index (χ2n) is 2.42. The fourth-order valence-corrected chi connectivity index (χ4v) is 0.661. The molecule has 0 rings (SSSR count). The molecule has 0 aromatic rings. The molecule has 0 radical (unpaired) electrons. The summed E-state index contributed by atoms with van der Waals surface area (Å²) in [6.07, 6.45) is 4.04. The number of carbonyl (C=O) groups is 1. The lowest BCUT2D eigenvalue weighted by Crippen LogP contribution is -2.09. The molecule has 0 spiro atoms. The minimum atomic E-state index is -0.225. The maximum absolute atomic E-state index is 10.0. The van der Waals surface area contributed by atoms with Crippen LogP contribution in [0.2, 0.25) is 0 Å². The third-order valence-electron chi connectivity index (χ3n) is 1.32. The predicted molar refractivity (Wildman–Crippen MR) is 41.0 cm³/mol. The van der Waals surface area contributed by atoms with Gasteiger partial charge in [-0.3, -0.25) is 0 Å². The Hall–Kier alpha value is -0.370. The van der Waals surface area contributed by atoms with Crippen LogP contribution >= 0.6 is 0 Å². The summed E-state index contributed by atoms with van der Waals surface area (Å²) in [5, 5.41) is 0. The molecule has 0 heterocycles. The zero-order valence-corrected chi connectivity index (χ0v) is 6.80. The monoisotopic (exact) mass is 144 g/mol. The van der Waals surface area contributed by atoms with E-state index in [1.54, 1.807) is 6.92 Å². The lowest BCUT2D eigenvalue weighted by molar-refractivity contribution is -0.117. The summed E-state index contributed by atoms with van der Waals surface area (Å²) >= 11 is 0. The first-order chi connectivity index (χ1) is 4.81. The van der Waals surface area contributed by atoms with E-state index >= 15 is 0 Å². The van der Waals surface area contributed by atoms with Gasteiger partial charge in [0, 0.05) is 6.61 Å². The molecule has 0 fully saturated rings. The van der Waals surface area contributed by atoms with Crippen molar-refractivity contribution in [1.29, 1.82) is 0 Å². The molecule has 10 heavy (non-hydrogen) atoms. The van der Waals surface area contributed by atoms with Crippen LogP contribution in [0.15, 0.2) is 0 Å². The minimum Gasteiger partial charge on any atom is -0.371 e. The number of hydrogen-bond acceptors (Lipinski definition) is 2. The van der Waals surface area contributed by atoms with E-state index in [2.05, 4.69) is 6.92 Å². The molecule has 0 saturated carbocycles. The average Bonchev–Trinajstić information content (AvgIpc) is 1.98. The molecule has 0 aliphatic carbocycles. The molecule has 2 nitrogen and oxygen atoms in total. The van der Waals surface area contributed by atoms with Gasteiger partial charge in [-0.15, -0.1) is 0 Å². The van der Waals surface area contributed by atoms with Gasteiger partial charge in [-0.1, -0.05) is 19.8 Å². The van der Waals surface area contributed by atoms with E-state index in [9.17, 15) is 4.79 Å². The van der Waals surface area contributed by atoms with E-state index < -0.39 is 0 Å². The summed E-state index contributed by atoms with van der Waals surface area (Å²) in [6, 6.07) is 0. The summed E-state index contributed by atoms with van der Waals surface area (Å²) in [6.45, 7) is 4.62. The lowest BCUT2D eigenvalue weighted by atomic mass is 10.3. The highest BCUT2D eigenvalue weighted by molar-refractivity contribution is 5.54. The lowest BCUT2D eigenvalue weighted by Gasteiger charge is -2.04. The van der Waals surface area contributed by atoms with Crippen molar-refractivity contribution in [2.45, 2.75) is 39.2 Å². The quantitative estimate of drug-likeness (QED) is 0.419. The summed E-state index contributed by atoms with van der Waals surface area (Å²) in [7, 11) is 0. The van der Waals surface area contributed by atoms with Crippen LogP contribution in [0.5, 0.6) is 0 Å². The smallest absolute Gasteiger partial charge is 0.148 e. The van der Waals surface area contributed by atoms with Gasteiger partial charge in [0.1, 0.15) is 12.4 Å². The molecule has 0 aliphatic rings. The molecule has 0 bridgehead atoms. The Labute approximate surface area is 62.6 Å². The Balaban J connectivity index is 2.95. The molecule has 0 aliphatic heterocycles. The number of aldehydes is 1. The van der Waals surface area contributed by atoms with Gasteiger partial charge in [0.25, 0.3) is 0 Å². The third kappa shape index (κ3) is 5.76. The Kier molecular flexibility index (Phi) is 6.50. The van der Waals surface area contributed by atoms with Gasteiger partial charge in [0.05, 0.1) is 0 Å². The van der Waals surface area contributed by atoms with Gasteiger partial charge in [0.2, 0.25) is 0 Å².